The number of halogens is 1. The number of anilines is 1. The van der Waals surface area contributed by atoms with E-state index < -0.39 is 0 Å². The van der Waals surface area contributed by atoms with Crippen LogP contribution in [0.5, 0.6) is 0 Å². The summed E-state index contributed by atoms with van der Waals surface area (Å²) in [6.07, 6.45) is 2.70. The first-order valence-corrected chi connectivity index (χ1v) is 7.87. The van der Waals surface area contributed by atoms with Gasteiger partial charge in [-0.1, -0.05) is 11.6 Å². The number of likely N-dealkylation sites (tertiary alicyclic amines) is 1. The third-order valence-corrected chi connectivity index (χ3v) is 4.04. The first-order valence-electron chi connectivity index (χ1n) is 7.49. The van der Waals surface area contributed by atoms with Crippen molar-refractivity contribution in [3.05, 3.63) is 22.8 Å². The fraction of sp³-hybridized carbons (Fsp3) is 0.667. The van der Waals surface area contributed by atoms with Crippen molar-refractivity contribution in [3.63, 3.8) is 0 Å². The molecule has 4 nitrogen and oxygen atoms in total. The van der Waals surface area contributed by atoms with Crippen molar-refractivity contribution in [2.75, 3.05) is 45.1 Å². The van der Waals surface area contributed by atoms with E-state index in [9.17, 15) is 0 Å². The molecule has 2 rings (SSSR count). The number of hydrogen-bond donors (Lipinski definition) is 1. The van der Waals surface area contributed by atoms with Crippen molar-refractivity contribution in [2.24, 2.45) is 0 Å². The number of rotatable bonds is 7. The predicted molar refractivity (Wildman–Crippen MR) is 85.4 cm³/mol. The molecule has 0 unspecified atom stereocenters. The number of nitrogens with zero attached hydrogens (tertiary/aromatic N) is 3. The maximum Gasteiger partial charge on any atom is 0.126 e. The second kappa shape index (κ2) is 7.81. The smallest absolute Gasteiger partial charge is 0.126 e. The molecule has 0 aromatic carbocycles. The standard InChI is InChI=1S/C15H25ClN4/c1-3-17-15-7-6-13(16)14(18-15)12-19(2)10-11-20-8-4-5-9-20/h6-7H,3-5,8-12H2,1-2H3,(H,17,18). The molecule has 1 fully saturated rings. The third-order valence-electron chi connectivity index (χ3n) is 3.69. The SMILES string of the molecule is CCNc1ccc(Cl)c(CN(C)CCN2CCCC2)n1. The molecular weight excluding hydrogens is 272 g/mol. The lowest BCUT2D eigenvalue weighted by Crippen LogP contribution is -2.31. The maximum atomic E-state index is 6.24. The average molecular weight is 297 g/mol. The minimum absolute atomic E-state index is 0.750. The van der Waals surface area contributed by atoms with Gasteiger partial charge in [-0.25, -0.2) is 4.98 Å². The molecule has 0 spiro atoms. The van der Waals surface area contributed by atoms with Gasteiger partial charge in [-0.15, -0.1) is 0 Å². The van der Waals surface area contributed by atoms with Crippen molar-refractivity contribution < 1.29 is 0 Å². The highest BCUT2D eigenvalue weighted by molar-refractivity contribution is 6.31. The van der Waals surface area contributed by atoms with Crippen LogP contribution in [0.1, 0.15) is 25.5 Å². The minimum Gasteiger partial charge on any atom is -0.370 e. The van der Waals surface area contributed by atoms with Crippen LogP contribution in [0.2, 0.25) is 5.02 Å². The van der Waals surface area contributed by atoms with E-state index in [2.05, 4.69) is 34.1 Å². The lowest BCUT2D eigenvalue weighted by atomic mass is 10.3. The molecule has 2 heterocycles. The number of nitrogens with one attached hydrogen (secondary N) is 1. The largest absolute Gasteiger partial charge is 0.370 e. The van der Waals surface area contributed by atoms with Crippen LogP contribution in [-0.4, -0.2) is 54.6 Å². The number of pyridine rings is 1. The molecule has 1 aromatic rings. The van der Waals surface area contributed by atoms with Crippen molar-refractivity contribution in [1.82, 2.24) is 14.8 Å². The van der Waals surface area contributed by atoms with Gasteiger partial charge in [-0.3, -0.25) is 4.90 Å². The zero-order chi connectivity index (χ0) is 14.4. The topological polar surface area (TPSA) is 31.4 Å². The molecule has 1 N–H and O–H groups in total. The van der Waals surface area contributed by atoms with Crippen molar-refractivity contribution in [1.29, 1.82) is 0 Å². The predicted octanol–water partition coefficient (Wildman–Crippen LogP) is 2.69. The average Bonchev–Trinajstić information content (AvgIpc) is 2.94. The van der Waals surface area contributed by atoms with Crippen molar-refractivity contribution in [3.8, 4) is 0 Å². The molecule has 1 aliphatic heterocycles. The molecule has 0 aliphatic carbocycles. The Kier molecular flexibility index (Phi) is 6.07. The first-order chi connectivity index (χ1) is 9.69. The van der Waals surface area contributed by atoms with Crippen molar-refractivity contribution >= 4 is 17.4 Å². The Morgan fingerprint density at radius 1 is 1.35 bits per heavy atom. The van der Waals surface area contributed by atoms with Crippen LogP contribution in [0.15, 0.2) is 12.1 Å². The zero-order valence-corrected chi connectivity index (χ0v) is 13.3. The van der Waals surface area contributed by atoms with Crippen LogP contribution < -0.4 is 5.32 Å². The number of likely N-dealkylation sites (N-methyl/N-ethyl adjacent to an activating group) is 1. The Morgan fingerprint density at radius 2 is 2.10 bits per heavy atom. The molecule has 0 atom stereocenters. The van der Waals surface area contributed by atoms with E-state index in [1.165, 1.54) is 25.9 Å². The summed E-state index contributed by atoms with van der Waals surface area (Å²) in [4.78, 5) is 9.41. The minimum atomic E-state index is 0.750. The summed E-state index contributed by atoms with van der Waals surface area (Å²) in [5, 5.41) is 3.98. The highest BCUT2D eigenvalue weighted by atomic mass is 35.5. The highest BCUT2D eigenvalue weighted by Crippen LogP contribution is 2.18. The second-order valence-electron chi connectivity index (χ2n) is 5.44. The Morgan fingerprint density at radius 3 is 2.80 bits per heavy atom. The van der Waals surface area contributed by atoms with Gasteiger partial charge in [0, 0.05) is 26.2 Å². The zero-order valence-electron chi connectivity index (χ0n) is 12.5. The van der Waals surface area contributed by atoms with Gasteiger partial charge < -0.3 is 10.2 Å². The fourth-order valence-corrected chi connectivity index (χ4v) is 2.69. The maximum absolute atomic E-state index is 6.24. The van der Waals surface area contributed by atoms with Gasteiger partial charge in [0.05, 0.1) is 10.7 Å². The summed E-state index contributed by atoms with van der Waals surface area (Å²) in [6.45, 7) is 8.44. The summed E-state index contributed by atoms with van der Waals surface area (Å²) in [6, 6.07) is 3.86. The quantitative estimate of drug-likeness (QED) is 0.838. The van der Waals surface area contributed by atoms with E-state index in [4.69, 9.17) is 11.6 Å². The molecule has 0 radical (unpaired) electrons. The van der Waals surface area contributed by atoms with E-state index >= 15 is 0 Å². The van der Waals surface area contributed by atoms with Gasteiger partial charge in [-0.2, -0.15) is 0 Å². The molecule has 5 heteroatoms. The Hall–Kier alpha value is -0.840. The summed E-state index contributed by atoms with van der Waals surface area (Å²) in [7, 11) is 2.13. The first kappa shape index (κ1) is 15.5. The summed E-state index contributed by atoms with van der Waals surface area (Å²) in [5.41, 5.74) is 0.953. The van der Waals surface area contributed by atoms with Crippen LogP contribution in [0.4, 0.5) is 5.82 Å². The van der Waals surface area contributed by atoms with E-state index in [1.807, 2.05) is 12.1 Å². The van der Waals surface area contributed by atoms with Gasteiger partial charge in [0.15, 0.2) is 0 Å². The molecule has 1 saturated heterocycles. The number of aromatic nitrogens is 1. The van der Waals surface area contributed by atoms with E-state index in [1.54, 1.807) is 0 Å². The molecule has 1 aliphatic rings. The van der Waals surface area contributed by atoms with Gasteiger partial charge in [0.25, 0.3) is 0 Å². The second-order valence-corrected chi connectivity index (χ2v) is 5.85. The number of hydrogen-bond acceptors (Lipinski definition) is 4. The monoisotopic (exact) mass is 296 g/mol. The normalized spacial score (nSPS) is 16.0. The van der Waals surface area contributed by atoms with Crippen LogP contribution in [0.3, 0.4) is 0 Å². The molecule has 0 saturated carbocycles. The van der Waals surface area contributed by atoms with Crippen LogP contribution in [-0.2, 0) is 6.54 Å². The Labute approximate surface area is 127 Å². The Bertz CT molecular complexity index is 418. The highest BCUT2D eigenvalue weighted by Gasteiger charge is 2.13. The Balaban J connectivity index is 1.85. The third kappa shape index (κ3) is 4.62. The molecular formula is C15H25ClN4. The lowest BCUT2D eigenvalue weighted by molar-refractivity contribution is 0.251. The van der Waals surface area contributed by atoms with Crippen LogP contribution in [0.25, 0.3) is 0 Å². The summed E-state index contributed by atoms with van der Waals surface area (Å²) < 4.78 is 0. The lowest BCUT2D eigenvalue weighted by Gasteiger charge is -2.21. The van der Waals surface area contributed by atoms with Crippen LogP contribution >= 0.6 is 11.6 Å². The van der Waals surface area contributed by atoms with E-state index in [0.29, 0.717) is 0 Å². The summed E-state index contributed by atoms with van der Waals surface area (Å²) >= 11 is 6.24. The van der Waals surface area contributed by atoms with Gasteiger partial charge in [0.2, 0.25) is 0 Å². The van der Waals surface area contributed by atoms with Gasteiger partial charge in [-0.05, 0) is 52.0 Å². The molecule has 20 heavy (non-hydrogen) atoms. The van der Waals surface area contributed by atoms with Gasteiger partial charge >= 0.3 is 0 Å². The van der Waals surface area contributed by atoms with Gasteiger partial charge in [0.1, 0.15) is 5.82 Å². The fourth-order valence-electron chi connectivity index (χ4n) is 2.53. The van der Waals surface area contributed by atoms with E-state index in [0.717, 1.165) is 42.7 Å². The molecule has 1 aromatic heterocycles. The van der Waals surface area contributed by atoms with E-state index in [-0.39, 0.29) is 0 Å². The summed E-state index contributed by atoms with van der Waals surface area (Å²) in [5.74, 6) is 0.903. The molecule has 112 valence electrons. The molecule has 0 amide bonds. The van der Waals surface area contributed by atoms with Crippen LogP contribution in [0, 0.1) is 0 Å². The molecule has 0 bridgehead atoms. The van der Waals surface area contributed by atoms with Crippen molar-refractivity contribution in [2.45, 2.75) is 26.3 Å².